The first kappa shape index (κ1) is 14.1. The van der Waals surface area contributed by atoms with Gasteiger partial charge in [0.05, 0.1) is 0 Å². The van der Waals surface area contributed by atoms with Gasteiger partial charge in [-0.3, -0.25) is 0 Å². The Morgan fingerprint density at radius 1 is 1.59 bits per heavy atom. The van der Waals surface area contributed by atoms with Gasteiger partial charge in [0.2, 0.25) is 0 Å². The van der Waals surface area contributed by atoms with E-state index in [2.05, 4.69) is 33.8 Å². The number of terminal acetylenes is 1. The number of benzene rings is 1. The molecule has 2 amide bonds. The lowest BCUT2D eigenvalue weighted by atomic mass is 10.3. The van der Waals surface area contributed by atoms with Crippen LogP contribution in [0, 0.1) is 12.3 Å². The van der Waals surface area contributed by atoms with Crippen molar-refractivity contribution in [2.45, 2.75) is 6.04 Å². The van der Waals surface area contributed by atoms with Crippen molar-refractivity contribution >= 4 is 45.9 Å². The first-order valence-corrected chi connectivity index (χ1v) is 6.80. The van der Waals surface area contributed by atoms with E-state index in [1.807, 2.05) is 0 Å². The maximum atomic E-state index is 11.8. The molecule has 0 aliphatic carbocycles. The van der Waals surface area contributed by atoms with Crippen LogP contribution in [-0.2, 0) is 0 Å². The maximum Gasteiger partial charge on any atom is 0.322 e. The number of amides is 2. The van der Waals surface area contributed by atoms with E-state index < -0.39 is 0 Å². The normalized spacial score (nSPS) is 11.4. The van der Waals surface area contributed by atoms with Crippen molar-refractivity contribution in [3.8, 4) is 12.3 Å². The lowest BCUT2D eigenvalue weighted by Gasteiger charge is -2.22. The third-order valence-corrected chi connectivity index (χ3v) is 3.31. The van der Waals surface area contributed by atoms with Gasteiger partial charge >= 0.3 is 6.03 Å². The van der Waals surface area contributed by atoms with Gasteiger partial charge in [0, 0.05) is 22.2 Å². The average Bonchev–Trinajstić information content (AvgIpc) is 2.33. The van der Waals surface area contributed by atoms with Crippen LogP contribution in [0.1, 0.15) is 0 Å². The number of anilines is 1. The van der Waals surface area contributed by atoms with E-state index in [-0.39, 0.29) is 12.1 Å². The highest BCUT2D eigenvalue weighted by molar-refractivity contribution is 14.1. The summed E-state index contributed by atoms with van der Waals surface area (Å²) >= 11 is 7.91. The van der Waals surface area contributed by atoms with E-state index in [4.69, 9.17) is 18.0 Å². The minimum Gasteiger partial charge on any atom is -0.313 e. The molecule has 5 heteroatoms. The topological polar surface area (TPSA) is 32.3 Å². The van der Waals surface area contributed by atoms with Crippen molar-refractivity contribution in [3.05, 3.63) is 29.3 Å². The Labute approximate surface area is 120 Å². The van der Waals surface area contributed by atoms with Gasteiger partial charge in [-0.15, -0.1) is 6.42 Å². The van der Waals surface area contributed by atoms with Crippen molar-refractivity contribution in [1.82, 2.24) is 4.90 Å². The van der Waals surface area contributed by atoms with Gasteiger partial charge in [-0.05, 0) is 24.3 Å². The fourth-order valence-electron chi connectivity index (χ4n) is 1.15. The molecular formula is C12H12ClIN2O. The zero-order chi connectivity index (χ0) is 12.8. The first-order chi connectivity index (χ1) is 8.08. The molecule has 0 bridgehead atoms. The van der Waals surface area contributed by atoms with Crippen LogP contribution in [0.3, 0.4) is 0 Å². The van der Waals surface area contributed by atoms with E-state index in [0.717, 1.165) is 0 Å². The summed E-state index contributed by atoms with van der Waals surface area (Å²) in [6.07, 6.45) is 5.34. The molecule has 3 nitrogen and oxygen atoms in total. The molecule has 1 atom stereocenters. The first-order valence-electron chi connectivity index (χ1n) is 4.90. The number of halogens is 2. The summed E-state index contributed by atoms with van der Waals surface area (Å²) in [5.41, 5.74) is 0.690. The third kappa shape index (κ3) is 4.10. The number of hydrogen-bond donors (Lipinski definition) is 1. The number of carbonyl (C=O) groups excluding carboxylic acids is 1. The molecule has 17 heavy (non-hydrogen) atoms. The SMILES string of the molecule is C#CC(CI)N(C)C(=O)Nc1ccc(Cl)cc1. The van der Waals surface area contributed by atoms with E-state index in [9.17, 15) is 4.79 Å². The summed E-state index contributed by atoms with van der Waals surface area (Å²) < 4.78 is 0.693. The molecule has 1 aromatic rings. The van der Waals surface area contributed by atoms with E-state index in [1.165, 1.54) is 4.90 Å². The Bertz CT molecular complexity index is 427. The molecule has 90 valence electrons. The quantitative estimate of drug-likeness (QED) is 0.500. The molecule has 1 unspecified atom stereocenters. The highest BCUT2D eigenvalue weighted by atomic mass is 127. The summed E-state index contributed by atoms with van der Waals surface area (Å²) in [4.78, 5) is 13.3. The van der Waals surface area contributed by atoms with Crippen LogP contribution < -0.4 is 5.32 Å². The molecule has 0 aliphatic heterocycles. The van der Waals surface area contributed by atoms with Crippen molar-refractivity contribution < 1.29 is 4.79 Å². The zero-order valence-corrected chi connectivity index (χ0v) is 12.2. The van der Waals surface area contributed by atoms with Crippen LogP contribution in [0.2, 0.25) is 5.02 Å². The minimum atomic E-state index is -0.230. The van der Waals surface area contributed by atoms with Gasteiger partial charge in [0.15, 0.2) is 0 Å². The van der Waals surface area contributed by atoms with Crippen molar-refractivity contribution in [1.29, 1.82) is 0 Å². The molecule has 0 aliphatic rings. The highest BCUT2D eigenvalue weighted by Gasteiger charge is 2.16. The van der Waals surface area contributed by atoms with Gasteiger partial charge in [-0.25, -0.2) is 4.79 Å². The number of alkyl halides is 1. The Morgan fingerprint density at radius 2 is 2.18 bits per heavy atom. The smallest absolute Gasteiger partial charge is 0.313 e. The minimum absolute atomic E-state index is 0.206. The summed E-state index contributed by atoms with van der Waals surface area (Å²) in [5, 5.41) is 3.38. The fourth-order valence-corrected chi connectivity index (χ4v) is 2.12. The largest absolute Gasteiger partial charge is 0.322 e. The van der Waals surface area contributed by atoms with Crippen LogP contribution >= 0.6 is 34.2 Å². The second kappa shape index (κ2) is 6.72. The number of rotatable bonds is 3. The van der Waals surface area contributed by atoms with E-state index in [0.29, 0.717) is 15.1 Å². The van der Waals surface area contributed by atoms with E-state index >= 15 is 0 Å². The molecule has 1 rings (SSSR count). The fraction of sp³-hybridized carbons (Fsp3) is 0.250. The van der Waals surface area contributed by atoms with Crippen LogP contribution in [0.4, 0.5) is 10.5 Å². The number of hydrogen-bond acceptors (Lipinski definition) is 1. The third-order valence-electron chi connectivity index (χ3n) is 2.22. The predicted molar refractivity (Wildman–Crippen MR) is 79.7 cm³/mol. The second-order valence-electron chi connectivity index (χ2n) is 3.38. The van der Waals surface area contributed by atoms with Crippen LogP contribution in [0.25, 0.3) is 0 Å². The van der Waals surface area contributed by atoms with Crippen LogP contribution in [-0.4, -0.2) is 28.4 Å². The lowest BCUT2D eigenvalue weighted by Crippen LogP contribution is -2.40. The number of carbonyl (C=O) groups is 1. The summed E-state index contributed by atoms with van der Waals surface area (Å²) in [6.45, 7) is 0. The van der Waals surface area contributed by atoms with Gasteiger partial charge in [-0.2, -0.15) is 0 Å². The van der Waals surface area contributed by atoms with E-state index in [1.54, 1.807) is 31.3 Å². The molecular weight excluding hydrogens is 351 g/mol. The highest BCUT2D eigenvalue weighted by Crippen LogP contribution is 2.14. The maximum absolute atomic E-state index is 11.8. The molecule has 0 aromatic heterocycles. The summed E-state index contributed by atoms with van der Waals surface area (Å²) in [5.74, 6) is 2.56. The zero-order valence-electron chi connectivity index (χ0n) is 9.28. The van der Waals surface area contributed by atoms with Gasteiger partial charge in [0.25, 0.3) is 0 Å². The molecule has 1 N–H and O–H groups in total. The van der Waals surface area contributed by atoms with Crippen molar-refractivity contribution in [2.24, 2.45) is 0 Å². The molecule has 0 radical (unpaired) electrons. The van der Waals surface area contributed by atoms with Crippen molar-refractivity contribution in [3.63, 3.8) is 0 Å². The second-order valence-corrected chi connectivity index (χ2v) is 4.70. The molecule has 0 heterocycles. The van der Waals surface area contributed by atoms with Gasteiger partial charge < -0.3 is 10.2 Å². The number of nitrogens with one attached hydrogen (secondary N) is 1. The predicted octanol–water partition coefficient (Wildman–Crippen LogP) is 3.24. The Balaban J connectivity index is 2.66. The molecule has 0 saturated heterocycles. The number of urea groups is 1. The molecule has 1 aromatic carbocycles. The Hall–Kier alpha value is -0.930. The van der Waals surface area contributed by atoms with Gasteiger partial charge in [-0.1, -0.05) is 40.1 Å². The summed E-state index contributed by atoms with van der Waals surface area (Å²) in [7, 11) is 1.68. The van der Waals surface area contributed by atoms with Crippen LogP contribution in [0.15, 0.2) is 24.3 Å². The lowest BCUT2D eigenvalue weighted by molar-refractivity contribution is 0.218. The molecule has 0 spiro atoms. The Morgan fingerprint density at radius 3 is 2.65 bits per heavy atom. The average molecular weight is 363 g/mol. The molecule has 0 fully saturated rings. The molecule has 0 saturated carbocycles. The monoisotopic (exact) mass is 362 g/mol. The summed E-state index contributed by atoms with van der Waals surface area (Å²) in [6, 6.07) is 6.48. The van der Waals surface area contributed by atoms with Gasteiger partial charge in [0.1, 0.15) is 6.04 Å². The Kier molecular flexibility index (Phi) is 5.59. The van der Waals surface area contributed by atoms with Crippen molar-refractivity contribution in [2.75, 3.05) is 16.8 Å². The standard InChI is InChI=1S/C12H12ClIN2O/c1-3-11(8-14)16(2)12(17)15-10-6-4-9(13)5-7-10/h1,4-7,11H,8H2,2H3,(H,15,17). The van der Waals surface area contributed by atoms with Crippen LogP contribution in [0.5, 0.6) is 0 Å². The number of nitrogens with zero attached hydrogens (tertiary/aromatic N) is 1.